The average Bonchev–Trinajstić information content (AvgIpc) is 2.90. The number of nitrogens with zero attached hydrogens (tertiary/aromatic N) is 6. The molecule has 2 aromatic heterocycles. The van der Waals surface area contributed by atoms with E-state index < -0.39 is 0 Å². The number of piperazine rings is 1. The van der Waals surface area contributed by atoms with Crippen molar-refractivity contribution in [3.63, 3.8) is 0 Å². The zero-order valence-electron chi connectivity index (χ0n) is 19.7. The Hall–Kier alpha value is -3.62. The second-order valence-corrected chi connectivity index (χ2v) is 8.94. The fourth-order valence-corrected chi connectivity index (χ4v) is 4.96. The Bertz CT molecular complexity index is 1230. The largest absolute Gasteiger partial charge is 0.497 e. The molecule has 3 aromatic rings. The first-order valence-electron chi connectivity index (χ1n) is 11.8. The van der Waals surface area contributed by atoms with Crippen molar-refractivity contribution in [1.82, 2.24) is 19.4 Å². The summed E-state index contributed by atoms with van der Waals surface area (Å²) in [5, 5.41) is 0. The number of anilines is 2. The molecular weight excluding hydrogens is 432 g/mol. The Balaban J connectivity index is 1.25. The molecule has 2 fully saturated rings. The Morgan fingerprint density at radius 2 is 1.79 bits per heavy atom. The molecule has 9 heteroatoms. The first-order chi connectivity index (χ1) is 16.5. The normalized spacial score (nSPS) is 18.9. The number of benzene rings is 1. The molecule has 0 N–H and O–H groups in total. The van der Waals surface area contributed by atoms with Gasteiger partial charge >= 0.3 is 0 Å². The summed E-state index contributed by atoms with van der Waals surface area (Å²) in [6, 6.07) is 11.7. The number of methoxy groups -OCH3 is 1. The predicted molar refractivity (Wildman–Crippen MR) is 132 cm³/mol. The van der Waals surface area contributed by atoms with E-state index in [1.165, 1.54) is 0 Å². The first kappa shape index (κ1) is 22.2. The fraction of sp³-hybridized carbons (Fsp3) is 0.440. The highest BCUT2D eigenvalue weighted by molar-refractivity contribution is 5.80. The molecule has 0 aliphatic carbocycles. The van der Waals surface area contributed by atoms with E-state index in [0.29, 0.717) is 36.6 Å². The second kappa shape index (κ2) is 9.32. The lowest BCUT2D eigenvalue weighted by Crippen LogP contribution is -2.53. The van der Waals surface area contributed by atoms with Crippen molar-refractivity contribution in [1.29, 1.82) is 0 Å². The maximum Gasteiger partial charge on any atom is 0.294 e. The van der Waals surface area contributed by atoms with Gasteiger partial charge in [-0.25, -0.2) is 9.97 Å². The van der Waals surface area contributed by atoms with Crippen LogP contribution in [-0.2, 0) is 11.8 Å². The number of fused-ring (bicyclic) bond motifs is 1. The van der Waals surface area contributed by atoms with Gasteiger partial charge in [0.1, 0.15) is 11.3 Å². The third-order valence-electron chi connectivity index (χ3n) is 6.91. The van der Waals surface area contributed by atoms with Gasteiger partial charge < -0.3 is 19.4 Å². The van der Waals surface area contributed by atoms with Crippen LogP contribution in [0.1, 0.15) is 12.8 Å². The molecule has 1 unspecified atom stereocenters. The molecule has 0 radical (unpaired) electrons. The lowest BCUT2D eigenvalue weighted by atomic mass is 9.96. The third-order valence-corrected chi connectivity index (χ3v) is 6.91. The van der Waals surface area contributed by atoms with E-state index in [2.05, 4.69) is 27.0 Å². The van der Waals surface area contributed by atoms with E-state index >= 15 is 0 Å². The molecule has 178 valence electrons. The van der Waals surface area contributed by atoms with Crippen molar-refractivity contribution in [2.75, 3.05) is 56.2 Å². The topological polar surface area (TPSA) is 83.8 Å². The van der Waals surface area contributed by atoms with Crippen LogP contribution in [0.3, 0.4) is 0 Å². The molecule has 0 spiro atoms. The number of hydrogen-bond acceptors (Lipinski definition) is 7. The summed E-state index contributed by atoms with van der Waals surface area (Å²) in [5.41, 5.74) is 2.22. The Labute approximate surface area is 198 Å². The minimum absolute atomic E-state index is 0.127. The van der Waals surface area contributed by atoms with Crippen LogP contribution >= 0.6 is 0 Å². The van der Waals surface area contributed by atoms with Crippen LogP contribution < -0.4 is 20.1 Å². The maximum absolute atomic E-state index is 13.4. The summed E-state index contributed by atoms with van der Waals surface area (Å²) in [4.78, 5) is 41.5. The summed E-state index contributed by atoms with van der Waals surface area (Å²) in [6.07, 6.45) is 3.36. The van der Waals surface area contributed by atoms with E-state index in [0.717, 1.165) is 43.9 Å². The number of rotatable bonds is 4. The standard InChI is InChI=1S/C25H30N6O3/c1-28-22-21(6-3-11-26-22)27-23(25(28)33)31-12-4-5-18(17-31)24(32)30-15-13-29(14-16-30)19-7-9-20(34-2)10-8-19/h3,6-11,18H,4-5,12-17H2,1-2H3. The molecule has 2 aliphatic rings. The molecule has 2 saturated heterocycles. The van der Waals surface area contributed by atoms with Gasteiger partial charge in [-0.05, 0) is 49.2 Å². The SMILES string of the molecule is COc1ccc(N2CCN(C(=O)C3CCCN(c4nc5cccnc5n(C)c4=O)C3)CC2)cc1. The van der Waals surface area contributed by atoms with Crippen molar-refractivity contribution >= 4 is 28.6 Å². The van der Waals surface area contributed by atoms with Gasteiger partial charge in [0.2, 0.25) is 5.91 Å². The number of carbonyl (C=O) groups excluding carboxylic acids is 1. The summed E-state index contributed by atoms with van der Waals surface area (Å²) in [7, 11) is 3.38. The summed E-state index contributed by atoms with van der Waals surface area (Å²) in [5.74, 6) is 1.30. The Morgan fingerprint density at radius 1 is 1.03 bits per heavy atom. The maximum atomic E-state index is 13.4. The molecule has 5 rings (SSSR count). The number of piperidine rings is 1. The minimum atomic E-state index is -0.174. The van der Waals surface area contributed by atoms with Crippen molar-refractivity contribution in [2.24, 2.45) is 13.0 Å². The highest BCUT2D eigenvalue weighted by Gasteiger charge is 2.32. The highest BCUT2D eigenvalue weighted by atomic mass is 16.5. The number of aromatic nitrogens is 3. The van der Waals surface area contributed by atoms with Crippen LogP contribution in [0.5, 0.6) is 5.75 Å². The minimum Gasteiger partial charge on any atom is -0.497 e. The van der Waals surface area contributed by atoms with E-state index in [-0.39, 0.29) is 17.4 Å². The average molecular weight is 463 g/mol. The van der Waals surface area contributed by atoms with Crippen LogP contribution in [0.2, 0.25) is 0 Å². The first-order valence-corrected chi connectivity index (χ1v) is 11.8. The lowest BCUT2D eigenvalue weighted by molar-refractivity contribution is -0.136. The molecule has 1 amide bonds. The van der Waals surface area contributed by atoms with E-state index in [1.807, 2.05) is 34.1 Å². The zero-order chi connectivity index (χ0) is 23.7. The monoisotopic (exact) mass is 462 g/mol. The van der Waals surface area contributed by atoms with Gasteiger partial charge in [-0.3, -0.25) is 14.2 Å². The van der Waals surface area contributed by atoms with Gasteiger partial charge in [-0.15, -0.1) is 0 Å². The van der Waals surface area contributed by atoms with Gasteiger partial charge in [0.15, 0.2) is 11.5 Å². The lowest BCUT2D eigenvalue weighted by Gasteiger charge is -2.40. The second-order valence-electron chi connectivity index (χ2n) is 8.94. The number of aryl methyl sites for hydroxylation is 1. The van der Waals surface area contributed by atoms with Crippen molar-refractivity contribution in [3.05, 3.63) is 52.9 Å². The van der Waals surface area contributed by atoms with Crippen molar-refractivity contribution < 1.29 is 9.53 Å². The van der Waals surface area contributed by atoms with Crippen molar-refractivity contribution in [2.45, 2.75) is 12.8 Å². The molecule has 9 nitrogen and oxygen atoms in total. The van der Waals surface area contributed by atoms with Gasteiger partial charge in [0.25, 0.3) is 5.56 Å². The third kappa shape index (κ3) is 4.18. The molecule has 4 heterocycles. The fourth-order valence-electron chi connectivity index (χ4n) is 4.96. The zero-order valence-corrected chi connectivity index (χ0v) is 19.7. The highest BCUT2D eigenvalue weighted by Crippen LogP contribution is 2.25. The molecule has 1 atom stereocenters. The number of ether oxygens (including phenoxy) is 1. The number of hydrogen-bond donors (Lipinski definition) is 0. The van der Waals surface area contributed by atoms with E-state index in [4.69, 9.17) is 4.74 Å². The predicted octanol–water partition coefficient (Wildman–Crippen LogP) is 1.90. The number of pyridine rings is 1. The summed E-state index contributed by atoms with van der Waals surface area (Å²) < 4.78 is 6.79. The van der Waals surface area contributed by atoms with Crippen LogP contribution in [0.4, 0.5) is 11.5 Å². The molecule has 1 aromatic carbocycles. The quantitative estimate of drug-likeness (QED) is 0.586. The van der Waals surface area contributed by atoms with Crippen LogP contribution in [0.15, 0.2) is 47.4 Å². The molecule has 0 bridgehead atoms. The van der Waals surface area contributed by atoms with E-state index in [9.17, 15) is 9.59 Å². The van der Waals surface area contributed by atoms with Crippen molar-refractivity contribution in [3.8, 4) is 5.75 Å². The Morgan fingerprint density at radius 3 is 2.53 bits per heavy atom. The van der Waals surface area contributed by atoms with Gasteiger partial charge in [-0.1, -0.05) is 0 Å². The molecule has 0 saturated carbocycles. The number of amides is 1. The van der Waals surface area contributed by atoms with Gasteiger partial charge in [0.05, 0.1) is 13.0 Å². The Kier molecular flexibility index (Phi) is 6.08. The summed E-state index contributed by atoms with van der Waals surface area (Å²) >= 11 is 0. The van der Waals surface area contributed by atoms with Gasteiger partial charge in [-0.2, -0.15) is 0 Å². The van der Waals surface area contributed by atoms with Gasteiger partial charge in [0, 0.05) is 58.2 Å². The molecule has 2 aliphatic heterocycles. The molecular formula is C25H30N6O3. The smallest absolute Gasteiger partial charge is 0.294 e. The summed E-state index contributed by atoms with van der Waals surface area (Å²) in [6.45, 7) is 4.24. The molecule has 34 heavy (non-hydrogen) atoms. The number of carbonyl (C=O) groups is 1. The van der Waals surface area contributed by atoms with Crippen LogP contribution in [-0.4, -0.2) is 71.7 Å². The van der Waals surface area contributed by atoms with E-state index in [1.54, 1.807) is 24.9 Å². The van der Waals surface area contributed by atoms with Crippen LogP contribution in [0.25, 0.3) is 11.2 Å². The van der Waals surface area contributed by atoms with Crippen LogP contribution in [0, 0.1) is 5.92 Å².